The van der Waals surface area contributed by atoms with Gasteiger partial charge in [-0.1, -0.05) is 30.3 Å². The average molecular weight is 484 g/mol. The predicted molar refractivity (Wildman–Crippen MR) is 138 cm³/mol. The highest BCUT2D eigenvalue weighted by molar-refractivity contribution is 5.96. The van der Waals surface area contributed by atoms with Crippen LogP contribution in [0.5, 0.6) is 0 Å². The standard InChI is InChI=1S/C27H29N7O2/c1-36-20-15-33(16-20)24-13-19(26(35)29-17-27(28)9-5-10-27)12-23(31-24)21-14-30-34-11-8-22(32-25(21)34)18-6-3-2-4-7-18/h2-4,6-8,11-14,20H,5,9-10,15-17,28H2,1H3,(H,29,35). The summed E-state index contributed by atoms with van der Waals surface area (Å²) in [6.45, 7) is 1.92. The molecule has 36 heavy (non-hydrogen) atoms. The molecule has 1 aromatic carbocycles. The number of aromatic nitrogens is 4. The summed E-state index contributed by atoms with van der Waals surface area (Å²) in [5.74, 6) is 0.575. The van der Waals surface area contributed by atoms with Crippen LogP contribution >= 0.6 is 0 Å². The van der Waals surface area contributed by atoms with Crippen molar-refractivity contribution in [3.63, 3.8) is 0 Å². The van der Waals surface area contributed by atoms with Gasteiger partial charge in [-0.2, -0.15) is 5.10 Å². The Morgan fingerprint density at radius 3 is 2.67 bits per heavy atom. The van der Waals surface area contributed by atoms with Gasteiger partial charge in [0.05, 0.1) is 29.3 Å². The lowest BCUT2D eigenvalue weighted by Gasteiger charge is -2.39. The third-order valence-corrected chi connectivity index (χ3v) is 7.24. The molecule has 1 saturated heterocycles. The monoisotopic (exact) mass is 483 g/mol. The molecule has 1 aliphatic carbocycles. The minimum atomic E-state index is -0.294. The van der Waals surface area contributed by atoms with E-state index in [0.29, 0.717) is 23.4 Å². The number of rotatable bonds is 7. The van der Waals surface area contributed by atoms with Crippen LogP contribution in [0.2, 0.25) is 0 Å². The first-order valence-corrected chi connectivity index (χ1v) is 12.3. The molecule has 3 aromatic heterocycles. The largest absolute Gasteiger partial charge is 0.378 e. The van der Waals surface area contributed by atoms with E-state index in [2.05, 4.69) is 15.3 Å². The van der Waals surface area contributed by atoms with Gasteiger partial charge in [0, 0.05) is 49.6 Å². The second kappa shape index (κ2) is 9.00. The number of ether oxygens (including phenoxy) is 1. The van der Waals surface area contributed by atoms with Crippen molar-refractivity contribution in [3.05, 3.63) is 66.5 Å². The molecule has 2 fully saturated rings. The molecular weight excluding hydrogens is 454 g/mol. The summed E-state index contributed by atoms with van der Waals surface area (Å²) < 4.78 is 7.17. The van der Waals surface area contributed by atoms with Crippen molar-refractivity contribution in [2.75, 3.05) is 31.6 Å². The molecule has 0 bridgehead atoms. The number of methoxy groups -OCH3 is 1. The van der Waals surface area contributed by atoms with Crippen LogP contribution in [-0.4, -0.2) is 63.9 Å². The van der Waals surface area contributed by atoms with Gasteiger partial charge in [0.1, 0.15) is 5.82 Å². The van der Waals surface area contributed by atoms with Crippen LogP contribution in [-0.2, 0) is 4.74 Å². The number of hydrogen-bond acceptors (Lipinski definition) is 7. The van der Waals surface area contributed by atoms with Crippen molar-refractivity contribution in [2.45, 2.75) is 30.9 Å². The van der Waals surface area contributed by atoms with Crippen molar-refractivity contribution < 1.29 is 9.53 Å². The van der Waals surface area contributed by atoms with Crippen molar-refractivity contribution in [2.24, 2.45) is 5.73 Å². The number of nitrogens with zero attached hydrogens (tertiary/aromatic N) is 5. The third-order valence-electron chi connectivity index (χ3n) is 7.24. The Hall–Kier alpha value is -3.82. The number of anilines is 1. The van der Waals surface area contributed by atoms with E-state index in [1.807, 2.05) is 54.7 Å². The van der Waals surface area contributed by atoms with Gasteiger partial charge in [0.15, 0.2) is 5.65 Å². The summed E-state index contributed by atoms with van der Waals surface area (Å²) in [6, 6.07) is 15.6. The molecule has 0 unspecified atom stereocenters. The number of carbonyl (C=O) groups is 1. The Bertz CT molecular complexity index is 1410. The highest BCUT2D eigenvalue weighted by Crippen LogP contribution is 2.30. The molecule has 1 aliphatic heterocycles. The summed E-state index contributed by atoms with van der Waals surface area (Å²) in [5.41, 5.74) is 10.5. The maximum absolute atomic E-state index is 13.2. The zero-order valence-electron chi connectivity index (χ0n) is 20.2. The summed E-state index contributed by atoms with van der Waals surface area (Å²) in [7, 11) is 1.71. The smallest absolute Gasteiger partial charge is 0.251 e. The zero-order chi connectivity index (χ0) is 24.7. The molecule has 1 amide bonds. The molecule has 4 aromatic rings. The van der Waals surface area contributed by atoms with Crippen LogP contribution in [0.15, 0.2) is 60.9 Å². The SMILES string of the molecule is COC1CN(c2cc(C(=O)NCC3(N)CCC3)cc(-c3cnn4ccc(-c5ccccc5)nc34)n2)C1. The number of nitrogens with two attached hydrogens (primary N) is 1. The van der Waals surface area contributed by atoms with Gasteiger partial charge in [0.25, 0.3) is 5.91 Å². The van der Waals surface area contributed by atoms with Crippen LogP contribution in [0.25, 0.3) is 28.2 Å². The summed E-state index contributed by atoms with van der Waals surface area (Å²) in [6.07, 6.45) is 6.79. The highest BCUT2D eigenvalue weighted by atomic mass is 16.5. The molecule has 6 rings (SSSR count). The number of fused-ring (bicyclic) bond motifs is 1. The van der Waals surface area contributed by atoms with E-state index in [1.165, 1.54) is 0 Å². The second-order valence-corrected chi connectivity index (χ2v) is 9.77. The third kappa shape index (κ3) is 4.20. The number of hydrogen-bond donors (Lipinski definition) is 2. The summed E-state index contributed by atoms with van der Waals surface area (Å²) in [5, 5.41) is 7.52. The predicted octanol–water partition coefficient (Wildman–Crippen LogP) is 2.90. The first kappa shape index (κ1) is 22.6. The number of nitrogens with one attached hydrogen (secondary N) is 1. The Morgan fingerprint density at radius 1 is 1.14 bits per heavy atom. The van der Waals surface area contributed by atoms with Gasteiger partial charge >= 0.3 is 0 Å². The Kier molecular flexibility index (Phi) is 5.66. The number of amides is 1. The van der Waals surface area contributed by atoms with Gasteiger partial charge in [-0.05, 0) is 37.5 Å². The molecular formula is C27H29N7O2. The molecule has 0 atom stereocenters. The quantitative estimate of drug-likeness (QED) is 0.416. The van der Waals surface area contributed by atoms with Crippen molar-refractivity contribution in [1.29, 1.82) is 0 Å². The fourth-order valence-corrected chi connectivity index (χ4v) is 4.71. The average Bonchev–Trinajstić information content (AvgIpc) is 3.29. The Balaban J connectivity index is 1.38. The first-order chi connectivity index (χ1) is 17.5. The topological polar surface area (TPSA) is 111 Å². The van der Waals surface area contributed by atoms with Crippen molar-refractivity contribution >= 4 is 17.4 Å². The number of carbonyl (C=O) groups excluding carboxylic acids is 1. The molecule has 0 spiro atoms. The van der Waals surface area contributed by atoms with E-state index < -0.39 is 0 Å². The summed E-state index contributed by atoms with van der Waals surface area (Å²) >= 11 is 0. The first-order valence-electron chi connectivity index (χ1n) is 12.3. The summed E-state index contributed by atoms with van der Waals surface area (Å²) in [4.78, 5) is 25.1. The lowest BCUT2D eigenvalue weighted by atomic mass is 9.78. The highest BCUT2D eigenvalue weighted by Gasteiger charge is 2.33. The number of benzene rings is 1. The molecule has 9 nitrogen and oxygen atoms in total. The van der Waals surface area contributed by atoms with E-state index >= 15 is 0 Å². The zero-order valence-corrected chi connectivity index (χ0v) is 20.2. The van der Waals surface area contributed by atoms with E-state index in [4.69, 9.17) is 20.4 Å². The van der Waals surface area contributed by atoms with Crippen LogP contribution in [0.1, 0.15) is 29.6 Å². The van der Waals surface area contributed by atoms with Crippen LogP contribution in [0.3, 0.4) is 0 Å². The lowest BCUT2D eigenvalue weighted by Crippen LogP contribution is -2.55. The van der Waals surface area contributed by atoms with Gasteiger partial charge in [-0.3, -0.25) is 4.79 Å². The lowest BCUT2D eigenvalue weighted by molar-refractivity contribution is 0.0783. The van der Waals surface area contributed by atoms with E-state index in [0.717, 1.165) is 55.0 Å². The van der Waals surface area contributed by atoms with Crippen LogP contribution < -0.4 is 16.0 Å². The van der Waals surface area contributed by atoms with Crippen LogP contribution in [0, 0.1) is 0 Å². The van der Waals surface area contributed by atoms with Gasteiger partial charge in [0.2, 0.25) is 0 Å². The van der Waals surface area contributed by atoms with Gasteiger partial charge in [-0.15, -0.1) is 0 Å². The van der Waals surface area contributed by atoms with E-state index in [9.17, 15) is 4.79 Å². The molecule has 184 valence electrons. The minimum absolute atomic E-state index is 0.158. The molecule has 4 heterocycles. The molecule has 1 saturated carbocycles. The van der Waals surface area contributed by atoms with Crippen molar-refractivity contribution in [1.82, 2.24) is 24.9 Å². The maximum Gasteiger partial charge on any atom is 0.251 e. The molecule has 9 heteroatoms. The van der Waals surface area contributed by atoms with E-state index in [1.54, 1.807) is 17.8 Å². The van der Waals surface area contributed by atoms with E-state index in [-0.39, 0.29) is 17.6 Å². The number of pyridine rings is 1. The Labute approximate surface area is 209 Å². The van der Waals surface area contributed by atoms with Gasteiger partial charge < -0.3 is 20.7 Å². The van der Waals surface area contributed by atoms with Gasteiger partial charge in [-0.25, -0.2) is 14.5 Å². The fraction of sp³-hybridized carbons (Fsp3) is 0.333. The Morgan fingerprint density at radius 2 is 1.94 bits per heavy atom. The molecule has 3 N–H and O–H groups in total. The normalized spacial score (nSPS) is 17.0. The maximum atomic E-state index is 13.2. The fourth-order valence-electron chi connectivity index (χ4n) is 4.71. The van der Waals surface area contributed by atoms with Crippen LogP contribution in [0.4, 0.5) is 5.82 Å². The molecule has 0 radical (unpaired) electrons. The minimum Gasteiger partial charge on any atom is -0.378 e. The molecule has 2 aliphatic rings. The van der Waals surface area contributed by atoms with Crippen molar-refractivity contribution in [3.8, 4) is 22.5 Å². The second-order valence-electron chi connectivity index (χ2n) is 9.77.